The van der Waals surface area contributed by atoms with Crippen LogP contribution in [-0.4, -0.2) is 16.0 Å². The Kier molecular flexibility index (Phi) is 2.94. The van der Waals surface area contributed by atoms with Gasteiger partial charge in [0.15, 0.2) is 16.8 Å². The molecule has 0 saturated carbocycles. The topological polar surface area (TPSA) is 68.0 Å². The average Bonchev–Trinajstić information content (AvgIpc) is 2.96. The summed E-state index contributed by atoms with van der Waals surface area (Å²) >= 11 is 1.04. The van der Waals surface area contributed by atoms with E-state index in [0.29, 0.717) is 10.4 Å². The van der Waals surface area contributed by atoms with E-state index >= 15 is 0 Å². The minimum atomic E-state index is -0.980. The van der Waals surface area contributed by atoms with E-state index in [4.69, 9.17) is 4.52 Å². The number of anilines is 1. The molecule has 0 atom stereocenters. The lowest BCUT2D eigenvalue weighted by molar-refractivity contribution is 0.0988. The minimum Gasteiger partial charge on any atom is -0.351 e. The lowest BCUT2D eigenvalue weighted by atomic mass is 10.3. The second kappa shape index (κ2) is 4.64. The van der Waals surface area contributed by atoms with E-state index in [1.54, 1.807) is 6.92 Å². The van der Waals surface area contributed by atoms with Crippen molar-refractivity contribution in [2.75, 3.05) is 5.32 Å². The zero-order chi connectivity index (χ0) is 14.3. The number of thiazole rings is 1. The maximum atomic E-state index is 13.1. The average molecular weight is 295 g/mol. The first kappa shape index (κ1) is 12.7. The van der Waals surface area contributed by atoms with Gasteiger partial charge in [-0.15, -0.1) is 0 Å². The van der Waals surface area contributed by atoms with Crippen LogP contribution in [0, 0.1) is 18.6 Å². The Hall–Kier alpha value is -2.35. The summed E-state index contributed by atoms with van der Waals surface area (Å²) < 4.78 is 31.4. The van der Waals surface area contributed by atoms with Crippen LogP contribution in [-0.2, 0) is 0 Å². The fraction of sp³-hybridized carbons (Fsp3) is 0.0833. The Morgan fingerprint density at radius 2 is 2.05 bits per heavy atom. The van der Waals surface area contributed by atoms with Crippen molar-refractivity contribution in [1.82, 2.24) is 10.1 Å². The molecule has 0 aliphatic carbocycles. The Balaban J connectivity index is 1.89. The van der Waals surface area contributed by atoms with Gasteiger partial charge >= 0.3 is 0 Å². The van der Waals surface area contributed by atoms with Crippen LogP contribution < -0.4 is 5.32 Å². The van der Waals surface area contributed by atoms with Crippen LogP contribution >= 0.6 is 11.3 Å². The van der Waals surface area contributed by atoms with Crippen molar-refractivity contribution in [3.05, 3.63) is 41.3 Å². The number of benzene rings is 1. The first-order valence-corrected chi connectivity index (χ1v) is 6.35. The van der Waals surface area contributed by atoms with Gasteiger partial charge in [0, 0.05) is 12.1 Å². The number of hydrogen-bond donors (Lipinski definition) is 1. The highest BCUT2D eigenvalue weighted by Gasteiger charge is 2.15. The highest BCUT2D eigenvalue weighted by molar-refractivity contribution is 7.22. The molecule has 0 fully saturated rings. The Morgan fingerprint density at radius 1 is 1.30 bits per heavy atom. The van der Waals surface area contributed by atoms with Gasteiger partial charge in [0.1, 0.15) is 0 Å². The maximum absolute atomic E-state index is 13.1. The lowest BCUT2D eigenvalue weighted by Gasteiger charge is -1.95. The monoisotopic (exact) mass is 295 g/mol. The molecule has 1 aromatic carbocycles. The Bertz CT molecular complexity index is 773. The van der Waals surface area contributed by atoms with Crippen LogP contribution in [0.25, 0.3) is 10.2 Å². The summed E-state index contributed by atoms with van der Waals surface area (Å²) in [4.78, 5) is 15.8. The summed E-state index contributed by atoms with van der Waals surface area (Å²) in [6.45, 7) is 1.68. The lowest BCUT2D eigenvalue weighted by Crippen LogP contribution is -2.10. The normalized spacial score (nSPS) is 10.9. The first-order valence-electron chi connectivity index (χ1n) is 5.53. The number of rotatable bonds is 2. The summed E-state index contributed by atoms with van der Waals surface area (Å²) in [6, 6.07) is 3.49. The number of aryl methyl sites for hydroxylation is 1. The van der Waals surface area contributed by atoms with Crippen LogP contribution in [0.1, 0.15) is 16.2 Å². The standard InChI is InChI=1S/C12H7F2N3O2S/c1-5-2-9(19-17-5)11(18)16-12-15-8-3-6(13)7(14)4-10(8)20-12/h2-4H,1H3,(H,15,16,18). The van der Waals surface area contributed by atoms with Gasteiger partial charge in [0.2, 0.25) is 5.76 Å². The molecule has 0 bridgehead atoms. The number of carbonyl (C=O) groups is 1. The number of amides is 1. The number of halogens is 2. The summed E-state index contributed by atoms with van der Waals surface area (Å²) in [6.07, 6.45) is 0. The third-order valence-corrected chi connectivity index (χ3v) is 3.44. The van der Waals surface area contributed by atoms with Gasteiger partial charge < -0.3 is 4.52 Å². The van der Waals surface area contributed by atoms with Crippen molar-refractivity contribution in [1.29, 1.82) is 0 Å². The largest absolute Gasteiger partial charge is 0.351 e. The van der Waals surface area contributed by atoms with Gasteiger partial charge in [0.25, 0.3) is 5.91 Å². The van der Waals surface area contributed by atoms with E-state index in [0.717, 1.165) is 23.5 Å². The SMILES string of the molecule is Cc1cc(C(=O)Nc2nc3cc(F)c(F)cc3s2)on1. The predicted molar refractivity (Wildman–Crippen MR) is 68.7 cm³/mol. The molecule has 2 heterocycles. The van der Waals surface area contributed by atoms with Crippen LogP contribution in [0.5, 0.6) is 0 Å². The van der Waals surface area contributed by atoms with E-state index in [1.165, 1.54) is 6.07 Å². The smallest absolute Gasteiger partial charge is 0.296 e. The minimum absolute atomic E-state index is 0.0408. The number of hydrogen-bond acceptors (Lipinski definition) is 5. The van der Waals surface area contributed by atoms with Gasteiger partial charge in [-0.2, -0.15) is 0 Å². The van der Waals surface area contributed by atoms with Crippen molar-refractivity contribution < 1.29 is 18.1 Å². The quantitative estimate of drug-likeness (QED) is 0.788. The second-order valence-corrected chi connectivity index (χ2v) is 5.07. The van der Waals surface area contributed by atoms with E-state index in [-0.39, 0.29) is 16.4 Å². The Labute approximate surface area is 115 Å². The number of nitrogens with one attached hydrogen (secondary N) is 1. The number of nitrogens with zero attached hydrogens (tertiary/aromatic N) is 2. The zero-order valence-electron chi connectivity index (χ0n) is 10.1. The molecule has 3 aromatic rings. The van der Waals surface area contributed by atoms with E-state index in [9.17, 15) is 13.6 Å². The Morgan fingerprint density at radius 3 is 2.75 bits per heavy atom. The van der Waals surface area contributed by atoms with Gasteiger partial charge in [-0.3, -0.25) is 10.1 Å². The number of carbonyl (C=O) groups excluding carboxylic acids is 1. The molecule has 0 aliphatic rings. The van der Waals surface area contributed by atoms with Crippen LogP contribution in [0.4, 0.5) is 13.9 Å². The predicted octanol–water partition coefficient (Wildman–Crippen LogP) is 3.12. The van der Waals surface area contributed by atoms with Gasteiger partial charge in [0.05, 0.1) is 15.9 Å². The van der Waals surface area contributed by atoms with Crippen molar-refractivity contribution >= 4 is 32.6 Å². The second-order valence-electron chi connectivity index (χ2n) is 4.04. The van der Waals surface area contributed by atoms with Gasteiger partial charge in [-0.05, 0) is 13.0 Å². The molecule has 0 unspecified atom stereocenters. The van der Waals surface area contributed by atoms with Gasteiger partial charge in [-0.25, -0.2) is 13.8 Å². The van der Waals surface area contributed by atoms with Crippen LogP contribution in [0.2, 0.25) is 0 Å². The molecule has 1 amide bonds. The third-order valence-electron chi connectivity index (χ3n) is 2.50. The third kappa shape index (κ3) is 2.25. The summed E-state index contributed by atoms with van der Waals surface area (Å²) in [5.41, 5.74) is 0.849. The molecular weight excluding hydrogens is 288 g/mol. The van der Waals surface area contributed by atoms with Crippen LogP contribution in [0.3, 0.4) is 0 Å². The van der Waals surface area contributed by atoms with Crippen molar-refractivity contribution in [2.24, 2.45) is 0 Å². The van der Waals surface area contributed by atoms with Crippen molar-refractivity contribution in [2.45, 2.75) is 6.92 Å². The fourth-order valence-electron chi connectivity index (χ4n) is 1.61. The molecule has 3 rings (SSSR count). The highest BCUT2D eigenvalue weighted by Crippen LogP contribution is 2.28. The molecule has 0 saturated heterocycles. The molecule has 0 radical (unpaired) electrons. The highest BCUT2D eigenvalue weighted by atomic mass is 32.1. The molecule has 0 spiro atoms. The van der Waals surface area contributed by atoms with E-state index in [1.807, 2.05) is 0 Å². The molecule has 1 N–H and O–H groups in total. The first-order chi connectivity index (χ1) is 9.52. The van der Waals surface area contributed by atoms with E-state index < -0.39 is 17.5 Å². The van der Waals surface area contributed by atoms with E-state index in [2.05, 4.69) is 15.5 Å². The maximum Gasteiger partial charge on any atom is 0.296 e. The fourth-order valence-corrected chi connectivity index (χ4v) is 2.47. The van der Waals surface area contributed by atoms with Gasteiger partial charge in [-0.1, -0.05) is 16.5 Å². The molecule has 102 valence electrons. The molecule has 5 nitrogen and oxygen atoms in total. The van der Waals surface area contributed by atoms with Crippen LogP contribution in [0.15, 0.2) is 22.7 Å². The molecule has 2 aromatic heterocycles. The zero-order valence-corrected chi connectivity index (χ0v) is 10.9. The van der Waals surface area contributed by atoms with Crippen molar-refractivity contribution in [3.8, 4) is 0 Å². The van der Waals surface area contributed by atoms with Crippen molar-refractivity contribution in [3.63, 3.8) is 0 Å². The summed E-state index contributed by atoms with van der Waals surface area (Å²) in [7, 11) is 0. The molecule has 8 heteroatoms. The number of fused-ring (bicyclic) bond motifs is 1. The molecule has 20 heavy (non-hydrogen) atoms. The molecular formula is C12H7F2N3O2S. The summed E-state index contributed by atoms with van der Waals surface area (Å²) in [5, 5.41) is 6.31. The summed E-state index contributed by atoms with van der Waals surface area (Å²) in [5.74, 6) is -2.42. The number of aromatic nitrogens is 2. The molecule has 0 aliphatic heterocycles.